The van der Waals surface area contributed by atoms with Gasteiger partial charge in [-0.1, -0.05) is 6.07 Å². The molecule has 0 aliphatic rings. The number of hydrogen-bond acceptors (Lipinski definition) is 3. The Morgan fingerprint density at radius 1 is 1.39 bits per heavy atom. The quantitative estimate of drug-likeness (QED) is 0.893. The smallest absolute Gasteiger partial charge is 0.242 e. The second-order valence-corrected chi connectivity index (χ2v) is 5.89. The van der Waals surface area contributed by atoms with Gasteiger partial charge in [-0.2, -0.15) is 4.31 Å². The van der Waals surface area contributed by atoms with E-state index >= 15 is 0 Å². The zero-order valence-corrected chi connectivity index (χ0v) is 12.2. The predicted molar refractivity (Wildman–Crippen MR) is 72.1 cm³/mol. The summed E-state index contributed by atoms with van der Waals surface area (Å²) in [5.41, 5.74) is 0.432. The summed E-state index contributed by atoms with van der Waals surface area (Å²) in [5, 5.41) is 2.86. The second kappa shape index (κ2) is 7.04. The van der Waals surface area contributed by atoms with Crippen LogP contribution in [-0.2, 0) is 10.0 Å². The fourth-order valence-corrected chi connectivity index (χ4v) is 2.49. The van der Waals surface area contributed by atoms with Gasteiger partial charge in [0.1, 0.15) is 5.82 Å². The molecule has 7 heteroatoms. The summed E-state index contributed by atoms with van der Waals surface area (Å²) in [7, 11) is -0.378. The molecule has 1 aromatic carbocycles. The molecule has 0 aliphatic heterocycles. The Labute approximate surface area is 114 Å². The van der Waals surface area contributed by atoms with Gasteiger partial charge in [-0.15, -0.1) is 12.4 Å². The number of sulfonamides is 1. The van der Waals surface area contributed by atoms with Crippen LogP contribution in [0.2, 0.25) is 0 Å². The molecular weight excluding hydrogens is 279 g/mol. The van der Waals surface area contributed by atoms with Crippen LogP contribution in [0.4, 0.5) is 4.39 Å². The summed E-state index contributed by atoms with van der Waals surface area (Å²) < 4.78 is 38.6. The average molecular weight is 297 g/mol. The highest BCUT2D eigenvalue weighted by molar-refractivity contribution is 7.89. The van der Waals surface area contributed by atoms with Gasteiger partial charge in [0.25, 0.3) is 0 Å². The molecule has 0 heterocycles. The highest BCUT2D eigenvalue weighted by atomic mass is 35.5. The number of benzene rings is 1. The number of nitrogens with zero attached hydrogens (tertiary/aromatic N) is 1. The van der Waals surface area contributed by atoms with Gasteiger partial charge in [0.2, 0.25) is 10.0 Å². The SMILES string of the molecule is CNCCN(C)S(=O)(=O)c1ccc(C)c(F)c1.Cl. The highest BCUT2D eigenvalue weighted by Gasteiger charge is 2.20. The highest BCUT2D eigenvalue weighted by Crippen LogP contribution is 2.17. The lowest BCUT2D eigenvalue weighted by atomic mass is 10.2. The molecule has 0 radical (unpaired) electrons. The van der Waals surface area contributed by atoms with Crippen LogP contribution in [0.5, 0.6) is 0 Å². The third-order valence-electron chi connectivity index (χ3n) is 2.53. The molecule has 0 atom stereocenters. The number of aryl methyl sites for hydroxylation is 1. The minimum Gasteiger partial charge on any atom is -0.318 e. The van der Waals surface area contributed by atoms with Crippen LogP contribution in [-0.4, -0.2) is 39.9 Å². The molecule has 0 saturated carbocycles. The Kier molecular flexibility index (Phi) is 6.77. The fourth-order valence-electron chi connectivity index (χ4n) is 1.30. The summed E-state index contributed by atoms with van der Waals surface area (Å²) in [6, 6.07) is 3.94. The van der Waals surface area contributed by atoms with Crippen molar-refractivity contribution in [1.82, 2.24) is 9.62 Å². The monoisotopic (exact) mass is 296 g/mol. The van der Waals surface area contributed by atoms with Gasteiger partial charge in [-0.3, -0.25) is 0 Å². The fraction of sp³-hybridized carbons (Fsp3) is 0.455. The maximum Gasteiger partial charge on any atom is 0.242 e. The lowest BCUT2D eigenvalue weighted by Crippen LogP contribution is -2.32. The van der Waals surface area contributed by atoms with Crippen molar-refractivity contribution in [3.63, 3.8) is 0 Å². The molecule has 0 bridgehead atoms. The summed E-state index contributed by atoms with van der Waals surface area (Å²) in [6.07, 6.45) is 0. The van der Waals surface area contributed by atoms with E-state index < -0.39 is 15.8 Å². The summed E-state index contributed by atoms with van der Waals surface area (Å²) in [5.74, 6) is -0.506. The van der Waals surface area contributed by atoms with Gasteiger partial charge >= 0.3 is 0 Å². The lowest BCUT2D eigenvalue weighted by Gasteiger charge is -2.17. The second-order valence-electron chi connectivity index (χ2n) is 3.84. The van der Waals surface area contributed by atoms with Gasteiger partial charge in [0, 0.05) is 20.1 Å². The van der Waals surface area contributed by atoms with E-state index in [0.717, 1.165) is 6.07 Å². The first-order valence-electron chi connectivity index (χ1n) is 5.26. The first-order valence-corrected chi connectivity index (χ1v) is 6.70. The maximum absolute atomic E-state index is 13.3. The standard InChI is InChI=1S/C11H17FN2O2S.ClH/c1-9-4-5-10(8-11(9)12)17(15,16)14(3)7-6-13-2;/h4-5,8,13H,6-7H2,1-3H3;1H. The summed E-state index contributed by atoms with van der Waals surface area (Å²) >= 11 is 0. The van der Waals surface area contributed by atoms with Gasteiger partial charge in [0.05, 0.1) is 4.90 Å². The molecule has 0 unspecified atom stereocenters. The zero-order chi connectivity index (χ0) is 13.1. The third kappa shape index (κ3) is 3.91. The lowest BCUT2D eigenvalue weighted by molar-refractivity contribution is 0.465. The van der Waals surface area contributed by atoms with Crippen LogP contribution in [0.1, 0.15) is 5.56 Å². The Hall–Kier alpha value is -0.690. The number of halogens is 2. The molecule has 0 fully saturated rings. The minimum atomic E-state index is -3.60. The third-order valence-corrected chi connectivity index (χ3v) is 4.38. The number of nitrogens with one attached hydrogen (secondary N) is 1. The predicted octanol–water partition coefficient (Wildman–Crippen LogP) is 1.40. The molecule has 0 spiro atoms. The molecule has 104 valence electrons. The van der Waals surface area contributed by atoms with E-state index in [1.54, 1.807) is 14.0 Å². The molecule has 0 aromatic heterocycles. The Morgan fingerprint density at radius 3 is 2.50 bits per heavy atom. The zero-order valence-electron chi connectivity index (χ0n) is 10.6. The van der Waals surface area contributed by atoms with Crippen LogP contribution in [0, 0.1) is 12.7 Å². The van der Waals surface area contributed by atoms with Gasteiger partial charge in [-0.05, 0) is 31.7 Å². The van der Waals surface area contributed by atoms with Crippen molar-refractivity contribution in [2.24, 2.45) is 0 Å². The number of hydrogen-bond donors (Lipinski definition) is 1. The van der Waals surface area contributed by atoms with Crippen LogP contribution in [0.15, 0.2) is 23.1 Å². The molecule has 4 nitrogen and oxygen atoms in total. The molecule has 0 aliphatic carbocycles. The van der Waals surface area contributed by atoms with Crippen molar-refractivity contribution < 1.29 is 12.8 Å². The van der Waals surface area contributed by atoms with E-state index in [9.17, 15) is 12.8 Å². The maximum atomic E-state index is 13.3. The Morgan fingerprint density at radius 2 is 2.00 bits per heavy atom. The van der Waals surface area contributed by atoms with E-state index in [-0.39, 0.29) is 17.3 Å². The van der Waals surface area contributed by atoms with Crippen molar-refractivity contribution in [3.05, 3.63) is 29.6 Å². The van der Waals surface area contributed by atoms with E-state index in [0.29, 0.717) is 18.7 Å². The number of rotatable bonds is 5. The molecule has 18 heavy (non-hydrogen) atoms. The molecule has 1 aromatic rings. The first kappa shape index (κ1) is 17.3. The molecule has 0 amide bonds. The summed E-state index contributed by atoms with van der Waals surface area (Å²) in [6.45, 7) is 2.48. The Bertz CT molecular complexity index is 494. The minimum absolute atomic E-state index is 0. The molecular formula is C11H18ClFN2O2S. The van der Waals surface area contributed by atoms with Crippen molar-refractivity contribution in [2.45, 2.75) is 11.8 Å². The van der Waals surface area contributed by atoms with E-state index in [1.165, 1.54) is 23.5 Å². The normalized spacial score (nSPS) is 11.4. The van der Waals surface area contributed by atoms with Crippen LogP contribution in [0.25, 0.3) is 0 Å². The number of likely N-dealkylation sites (N-methyl/N-ethyl adjacent to an activating group) is 2. The van der Waals surface area contributed by atoms with E-state index in [1.807, 2.05) is 0 Å². The molecule has 0 saturated heterocycles. The van der Waals surface area contributed by atoms with Gasteiger partial charge < -0.3 is 5.32 Å². The van der Waals surface area contributed by atoms with Crippen molar-refractivity contribution >= 4 is 22.4 Å². The molecule has 1 N–H and O–H groups in total. The largest absolute Gasteiger partial charge is 0.318 e. The van der Waals surface area contributed by atoms with Gasteiger partial charge in [-0.25, -0.2) is 12.8 Å². The average Bonchev–Trinajstić information content (AvgIpc) is 2.29. The van der Waals surface area contributed by atoms with Crippen molar-refractivity contribution in [2.75, 3.05) is 27.2 Å². The summed E-state index contributed by atoms with van der Waals surface area (Å²) in [4.78, 5) is -0.0146. The van der Waals surface area contributed by atoms with E-state index in [4.69, 9.17) is 0 Å². The van der Waals surface area contributed by atoms with Gasteiger partial charge in [0.15, 0.2) is 0 Å². The van der Waals surface area contributed by atoms with E-state index in [2.05, 4.69) is 5.32 Å². The first-order chi connectivity index (χ1) is 7.89. The van der Waals surface area contributed by atoms with Crippen LogP contribution < -0.4 is 5.32 Å². The molecule has 1 rings (SSSR count). The van der Waals surface area contributed by atoms with Crippen LogP contribution in [0.3, 0.4) is 0 Å². The van der Waals surface area contributed by atoms with Crippen molar-refractivity contribution in [1.29, 1.82) is 0 Å². The topological polar surface area (TPSA) is 49.4 Å². The van der Waals surface area contributed by atoms with Crippen molar-refractivity contribution in [3.8, 4) is 0 Å². The van der Waals surface area contributed by atoms with Crippen LogP contribution >= 0.6 is 12.4 Å². The Balaban J connectivity index is 0.00000289.